The Morgan fingerprint density at radius 2 is 2.08 bits per heavy atom. The van der Waals surface area contributed by atoms with E-state index in [0.29, 0.717) is 24.0 Å². The van der Waals surface area contributed by atoms with Gasteiger partial charge in [-0.3, -0.25) is 0 Å². The number of benzene rings is 1. The second kappa shape index (κ2) is 9.67. The first kappa shape index (κ1) is 18.8. The molecule has 1 aromatic rings. The van der Waals surface area contributed by atoms with Gasteiger partial charge in [0, 0.05) is 13.2 Å². The smallest absolute Gasteiger partial charge is 0.161 e. The Labute approximate surface area is 144 Å². The Bertz CT molecular complexity index is 512. The van der Waals surface area contributed by atoms with Crippen LogP contribution in [0.4, 0.5) is 0 Å². The maximum atomic E-state index is 10.2. The van der Waals surface area contributed by atoms with Gasteiger partial charge < -0.3 is 24.6 Å². The molecule has 1 aliphatic rings. The van der Waals surface area contributed by atoms with Crippen molar-refractivity contribution in [3.05, 3.63) is 36.4 Å². The Hall–Kier alpha value is -1.56. The summed E-state index contributed by atoms with van der Waals surface area (Å²) in [6.07, 6.45) is 4.06. The number of nitrogens with zero attached hydrogens (tertiary/aromatic N) is 1. The van der Waals surface area contributed by atoms with Crippen molar-refractivity contribution >= 4 is 0 Å². The molecule has 1 unspecified atom stereocenters. The van der Waals surface area contributed by atoms with Crippen LogP contribution >= 0.6 is 0 Å². The Balaban J connectivity index is 1.81. The van der Waals surface area contributed by atoms with Crippen LogP contribution in [0.25, 0.3) is 0 Å². The fourth-order valence-corrected chi connectivity index (χ4v) is 3.01. The molecule has 24 heavy (non-hydrogen) atoms. The van der Waals surface area contributed by atoms with E-state index in [1.807, 2.05) is 24.3 Å². The van der Waals surface area contributed by atoms with Gasteiger partial charge in [0.25, 0.3) is 0 Å². The first-order valence-corrected chi connectivity index (χ1v) is 8.58. The van der Waals surface area contributed by atoms with Crippen LogP contribution in [0.3, 0.4) is 0 Å². The molecule has 1 atom stereocenters. The summed E-state index contributed by atoms with van der Waals surface area (Å²) < 4.78 is 11.1. The molecule has 0 aliphatic carbocycles. The molecule has 1 aromatic carbocycles. The van der Waals surface area contributed by atoms with Crippen molar-refractivity contribution in [2.24, 2.45) is 5.92 Å². The average Bonchev–Trinajstić information content (AvgIpc) is 2.61. The van der Waals surface area contributed by atoms with Crippen LogP contribution in [0, 0.1) is 5.92 Å². The topological polar surface area (TPSA) is 62.2 Å². The fourth-order valence-electron chi connectivity index (χ4n) is 3.01. The van der Waals surface area contributed by atoms with Crippen molar-refractivity contribution < 1.29 is 19.7 Å². The van der Waals surface area contributed by atoms with Crippen molar-refractivity contribution in [3.8, 4) is 11.5 Å². The number of methoxy groups -OCH3 is 1. The number of β-amino-alcohol motifs (C(OH)–C–C–N with tert-alkyl or cyclic N) is 1. The number of hydrogen-bond donors (Lipinski definition) is 2. The quantitative estimate of drug-likeness (QED) is 0.675. The molecule has 1 fully saturated rings. The summed E-state index contributed by atoms with van der Waals surface area (Å²) in [6, 6.07) is 5.78. The van der Waals surface area contributed by atoms with E-state index in [2.05, 4.69) is 11.5 Å². The molecule has 134 valence electrons. The van der Waals surface area contributed by atoms with E-state index >= 15 is 0 Å². The van der Waals surface area contributed by atoms with E-state index in [9.17, 15) is 5.11 Å². The SMILES string of the molecule is C=CCc1ccc(OCC(O)CN2CCC(CO)CC2)c(OC)c1. The van der Waals surface area contributed by atoms with Crippen molar-refractivity contribution in [2.45, 2.75) is 25.4 Å². The second-order valence-corrected chi connectivity index (χ2v) is 6.37. The Kier molecular flexibility index (Phi) is 7.56. The molecule has 1 heterocycles. The average molecular weight is 335 g/mol. The summed E-state index contributed by atoms with van der Waals surface area (Å²) >= 11 is 0. The molecule has 0 bridgehead atoms. The summed E-state index contributed by atoms with van der Waals surface area (Å²) in [5, 5.41) is 19.4. The number of hydrogen-bond acceptors (Lipinski definition) is 5. The van der Waals surface area contributed by atoms with E-state index in [1.54, 1.807) is 7.11 Å². The zero-order chi connectivity index (χ0) is 17.4. The van der Waals surface area contributed by atoms with Gasteiger partial charge in [-0.2, -0.15) is 0 Å². The monoisotopic (exact) mass is 335 g/mol. The number of rotatable bonds is 9. The van der Waals surface area contributed by atoms with Gasteiger partial charge in [-0.15, -0.1) is 6.58 Å². The Morgan fingerprint density at radius 3 is 2.71 bits per heavy atom. The molecule has 5 nitrogen and oxygen atoms in total. The number of aliphatic hydroxyl groups is 2. The van der Waals surface area contributed by atoms with Crippen LogP contribution in [0.15, 0.2) is 30.9 Å². The lowest BCUT2D eigenvalue weighted by Crippen LogP contribution is -2.41. The van der Waals surface area contributed by atoms with Crippen molar-refractivity contribution in [1.82, 2.24) is 4.90 Å². The number of allylic oxidation sites excluding steroid dienone is 1. The molecule has 0 amide bonds. The zero-order valence-electron chi connectivity index (χ0n) is 14.5. The first-order valence-electron chi connectivity index (χ1n) is 8.58. The van der Waals surface area contributed by atoms with E-state index in [1.165, 1.54) is 0 Å². The number of piperidine rings is 1. The van der Waals surface area contributed by atoms with Crippen molar-refractivity contribution in [1.29, 1.82) is 0 Å². The van der Waals surface area contributed by atoms with E-state index in [0.717, 1.165) is 37.9 Å². The van der Waals surface area contributed by atoms with Gasteiger partial charge in [-0.25, -0.2) is 0 Å². The van der Waals surface area contributed by atoms with E-state index < -0.39 is 6.10 Å². The van der Waals surface area contributed by atoms with Crippen LogP contribution in [-0.4, -0.2) is 61.2 Å². The summed E-state index contributed by atoms with van der Waals surface area (Å²) in [7, 11) is 1.61. The number of aliphatic hydroxyl groups excluding tert-OH is 2. The van der Waals surface area contributed by atoms with Gasteiger partial charge in [0.2, 0.25) is 0 Å². The lowest BCUT2D eigenvalue weighted by molar-refractivity contribution is 0.0482. The van der Waals surface area contributed by atoms with Gasteiger partial charge in [-0.1, -0.05) is 12.1 Å². The molecule has 1 aliphatic heterocycles. The molecule has 0 spiro atoms. The minimum Gasteiger partial charge on any atom is -0.493 e. The highest BCUT2D eigenvalue weighted by Crippen LogP contribution is 2.28. The zero-order valence-corrected chi connectivity index (χ0v) is 14.5. The molecular weight excluding hydrogens is 306 g/mol. The first-order chi connectivity index (χ1) is 11.7. The van der Waals surface area contributed by atoms with Gasteiger partial charge in [0.05, 0.1) is 7.11 Å². The summed E-state index contributed by atoms with van der Waals surface area (Å²) in [5.41, 5.74) is 1.11. The highest BCUT2D eigenvalue weighted by atomic mass is 16.5. The standard InChI is InChI=1S/C19H29NO4/c1-3-4-15-5-6-18(19(11-15)23-2)24-14-17(22)12-20-9-7-16(13-21)8-10-20/h3,5-6,11,16-17,21-22H,1,4,7-10,12-14H2,2H3. The molecular formula is C19H29NO4. The largest absolute Gasteiger partial charge is 0.493 e. The number of ether oxygens (including phenoxy) is 2. The van der Waals surface area contributed by atoms with Crippen LogP contribution < -0.4 is 9.47 Å². The molecule has 2 N–H and O–H groups in total. The summed E-state index contributed by atoms with van der Waals surface area (Å²) in [4.78, 5) is 2.23. The van der Waals surface area contributed by atoms with Gasteiger partial charge in [0.1, 0.15) is 12.7 Å². The molecule has 0 aromatic heterocycles. The minimum absolute atomic E-state index is 0.233. The lowest BCUT2D eigenvalue weighted by Gasteiger charge is -2.32. The number of likely N-dealkylation sites (tertiary alicyclic amines) is 1. The maximum Gasteiger partial charge on any atom is 0.161 e. The van der Waals surface area contributed by atoms with Crippen LogP contribution in [-0.2, 0) is 6.42 Å². The summed E-state index contributed by atoms with van der Waals surface area (Å²) in [6.45, 7) is 6.66. The van der Waals surface area contributed by atoms with Crippen molar-refractivity contribution in [2.75, 3.05) is 40.0 Å². The molecule has 5 heteroatoms. The minimum atomic E-state index is -0.548. The maximum absolute atomic E-state index is 10.2. The predicted molar refractivity (Wildman–Crippen MR) is 94.6 cm³/mol. The second-order valence-electron chi connectivity index (χ2n) is 6.37. The summed E-state index contributed by atoms with van der Waals surface area (Å²) in [5.74, 6) is 1.72. The molecule has 0 saturated carbocycles. The third-order valence-corrected chi connectivity index (χ3v) is 4.47. The normalized spacial score (nSPS) is 17.5. The highest BCUT2D eigenvalue weighted by molar-refractivity contribution is 5.43. The van der Waals surface area contributed by atoms with Crippen LogP contribution in [0.5, 0.6) is 11.5 Å². The van der Waals surface area contributed by atoms with Gasteiger partial charge in [0.15, 0.2) is 11.5 Å². The third-order valence-electron chi connectivity index (χ3n) is 4.47. The Morgan fingerprint density at radius 1 is 1.33 bits per heavy atom. The molecule has 0 radical (unpaired) electrons. The van der Waals surface area contributed by atoms with E-state index in [-0.39, 0.29) is 13.2 Å². The van der Waals surface area contributed by atoms with Crippen LogP contribution in [0.1, 0.15) is 18.4 Å². The van der Waals surface area contributed by atoms with Crippen LogP contribution in [0.2, 0.25) is 0 Å². The van der Waals surface area contributed by atoms with Gasteiger partial charge in [-0.05, 0) is 56.0 Å². The highest BCUT2D eigenvalue weighted by Gasteiger charge is 2.20. The van der Waals surface area contributed by atoms with Crippen molar-refractivity contribution in [3.63, 3.8) is 0 Å². The molecule has 2 rings (SSSR count). The van der Waals surface area contributed by atoms with E-state index in [4.69, 9.17) is 14.6 Å². The van der Waals surface area contributed by atoms with Gasteiger partial charge >= 0.3 is 0 Å². The third kappa shape index (κ3) is 5.51. The fraction of sp³-hybridized carbons (Fsp3) is 0.579. The molecule has 1 saturated heterocycles. The lowest BCUT2D eigenvalue weighted by atomic mass is 9.98. The predicted octanol–water partition coefficient (Wildman–Crippen LogP) is 1.87.